The van der Waals surface area contributed by atoms with E-state index in [-0.39, 0.29) is 0 Å². The summed E-state index contributed by atoms with van der Waals surface area (Å²) >= 11 is 2.46. The summed E-state index contributed by atoms with van der Waals surface area (Å²) in [6.07, 6.45) is 2.79. The average Bonchev–Trinajstić information content (AvgIpc) is 1.35. The molecule has 0 aliphatic carbocycles. The van der Waals surface area contributed by atoms with Gasteiger partial charge in [-0.15, -0.1) is 0 Å². The van der Waals surface area contributed by atoms with Gasteiger partial charge < -0.3 is 0 Å². The second-order valence-electron chi connectivity index (χ2n) is 0.723. The van der Waals surface area contributed by atoms with Crippen LogP contribution in [0.2, 0.25) is 0 Å². The third-order valence-corrected chi connectivity index (χ3v) is 0.533. The van der Waals surface area contributed by atoms with Gasteiger partial charge in [0.1, 0.15) is 0 Å². The van der Waals surface area contributed by atoms with E-state index in [2.05, 4.69) is 16.0 Å². The van der Waals surface area contributed by atoms with Gasteiger partial charge in [-0.2, -0.15) is 0 Å². The van der Waals surface area contributed by atoms with Gasteiger partial charge in [0.25, 0.3) is 0 Å². The van der Waals surface area contributed by atoms with Gasteiger partial charge in [0.2, 0.25) is 0 Å². The molecule has 0 heterocycles. The molecular weight excluding hydrogens is 143 g/mol. The normalized spacial score (nSPS) is 9.33. The topological polar surface area (TPSA) is 49.9 Å². The standard InChI is InChI=1S/C3H5N2Se/c4-2-1-3(5)6/h1-2,5H,4H2. The Bertz CT molecular complexity index is 76.9. The molecule has 0 atom stereocenters. The summed E-state index contributed by atoms with van der Waals surface area (Å²) in [6.45, 7) is 0. The van der Waals surface area contributed by atoms with Crippen molar-refractivity contribution in [1.29, 1.82) is 5.41 Å². The van der Waals surface area contributed by atoms with Crippen LogP contribution in [0.5, 0.6) is 0 Å². The third kappa shape index (κ3) is 3.73. The first-order chi connectivity index (χ1) is 2.77. The first-order valence-electron chi connectivity index (χ1n) is 1.41. The zero-order chi connectivity index (χ0) is 4.99. The molecule has 0 aliphatic rings. The molecule has 0 spiro atoms. The molecule has 0 saturated carbocycles. The summed E-state index contributed by atoms with van der Waals surface area (Å²) in [7, 11) is 0. The number of rotatable bonds is 1. The summed E-state index contributed by atoms with van der Waals surface area (Å²) in [5.41, 5.74) is 4.89. The maximum absolute atomic E-state index is 6.67. The zero-order valence-electron chi connectivity index (χ0n) is 3.14. The summed E-state index contributed by atoms with van der Waals surface area (Å²) in [5.74, 6) is 0. The minimum atomic E-state index is 0.359. The van der Waals surface area contributed by atoms with Crippen molar-refractivity contribution in [3.05, 3.63) is 12.3 Å². The first kappa shape index (κ1) is 5.73. The number of nitrogens with two attached hydrogens (primary N) is 1. The monoisotopic (exact) mass is 149 g/mol. The van der Waals surface area contributed by atoms with Crippen LogP contribution >= 0.6 is 0 Å². The van der Waals surface area contributed by atoms with Gasteiger partial charge >= 0.3 is 44.0 Å². The van der Waals surface area contributed by atoms with Crippen molar-refractivity contribution < 1.29 is 0 Å². The molecule has 0 unspecified atom stereocenters. The fraction of sp³-hybridized carbons (Fsp3) is 0. The Labute approximate surface area is 44.7 Å². The molecule has 0 aromatic carbocycles. The Morgan fingerprint density at radius 2 is 2.33 bits per heavy atom. The van der Waals surface area contributed by atoms with Crippen LogP contribution in [0.15, 0.2) is 12.3 Å². The van der Waals surface area contributed by atoms with Crippen LogP contribution in [-0.2, 0) is 0 Å². The van der Waals surface area contributed by atoms with Crippen molar-refractivity contribution >= 4 is 20.6 Å². The molecule has 0 fully saturated rings. The Morgan fingerprint density at radius 1 is 1.83 bits per heavy atom. The van der Waals surface area contributed by atoms with E-state index >= 15 is 0 Å². The fourth-order valence-electron chi connectivity index (χ4n) is 0.0874. The Balaban J connectivity index is 3.30. The van der Waals surface area contributed by atoms with Gasteiger partial charge in [-0.1, -0.05) is 0 Å². The summed E-state index contributed by atoms with van der Waals surface area (Å²) < 4.78 is 0.359. The van der Waals surface area contributed by atoms with Crippen LogP contribution in [0, 0.1) is 5.41 Å². The molecule has 3 N–H and O–H groups in total. The summed E-state index contributed by atoms with van der Waals surface area (Å²) in [5, 5.41) is 6.67. The Hall–Kier alpha value is -0.271. The number of hydrogen-bond donors (Lipinski definition) is 2. The Morgan fingerprint density at radius 3 is 2.33 bits per heavy atom. The molecular formula is C3H5N2Se. The summed E-state index contributed by atoms with van der Waals surface area (Å²) in [6, 6.07) is 0. The zero-order valence-corrected chi connectivity index (χ0v) is 4.85. The van der Waals surface area contributed by atoms with E-state index in [1.54, 1.807) is 0 Å². The van der Waals surface area contributed by atoms with Gasteiger partial charge in [-0.3, -0.25) is 0 Å². The van der Waals surface area contributed by atoms with E-state index in [0.717, 1.165) is 0 Å². The molecule has 3 heteroatoms. The van der Waals surface area contributed by atoms with Crippen molar-refractivity contribution in [3.8, 4) is 0 Å². The second kappa shape index (κ2) is 2.94. The number of allylic oxidation sites excluding steroid dienone is 1. The molecule has 0 aromatic heterocycles. The third-order valence-electron chi connectivity index (χ3n) is 0.248. The molecule has 1 radical (unpaired) electrons. The predicted octanol–water partition coefficient (Wildman–Crippen LogP) is -0.395. The molecule has 0 amide bonds. The van der Waals surface area contributed by atoms with E-state index in [1.807, 2.05) is 0 Å². The SMILES string of the molecule is N=C([Se])C=CN. The van der Waals surface area contributed by atoms with E-state index in [1.165, 1.54) is 12.3 Å². The van der Waals surface area contributed by atoms with Crippen molar-refractivity contribution in [2.24, 2.45) is 5.73 Å². The van der Waals surface area contributed by atoms with Crippen molar-refractivity contribution in [2.75, 3.05) is 0 Å². The van der Waals surface area contributed by atoms with Gasteiger partial charge in [0.05, 0.1) is 0 Å². The van der Waals surface area contributed by atoms with E-state index in [9.17, 15) is 0 Å². The average molecular weight is 148 g/mol. The molecule has 0 rings (SSSR count). The van der Waals surface area contributed by atoms with E-state index in [4.69, 9.17) is 11.1 Å². The Kier molecular flexibility index (Phi) is 2.81. The molecule has 33 valence electrons. The van der Waals surface area contributed by atoms with Crippen molar-refractivity contribution in [3.63, 3.8) is 0 Å². The minimum absolute atomic E-state index is 0.359. The predicted molar refractivity (Wildman–Crippen MR) is 26.8 cm³/mol. The van der Waals surface area contributed by atoms with Crippen LogP contribution in [0.4, 0.5) is 0 Å². The van der Waals surface area contributed by atoms with Crippen LogP contribution in [0.1, 0.15) is 0 Å². The van der Waals surface area contributed by atoms with Crippen LogP contribution in [0.25, 0.3) is 0 Å². The quantitative estimate of drug-likeness (QED) is 0.386. The van der Waals surface area contributed by atoms with Crippen LogP contribution < -0.4 is 5.73 Å². The molecule has 6 heavy (non-hydrogen) atoms. The number of hydrogen-bond acceptors (Lipinski definition) is 2. The molecule has 0 saturated heterocycles. The van der Waals surface area contributed by atoms with Gasteiger partial charge in [0.15, 0.2) is 0 Å². The fourth-order valence-corrected chi connectivity index (χ4v) is 0.252. The first-order valence-corrected chi connectivity index (χ1v) is 2.27. The maximum atomic E-state index is 6.67. The van der Waals surface area contributed by atoms with Crippen LogP contribution in [0.3, 0.4) is 0 Å². The van der Waals surface area contributed by atoms with Crippen molar-refractivity contribution in [2.45, 2.75) is 0 Å². The summed E-state index contributed by atoms with van der Waals surface area (Å²) in [4.78, 5) is 0. The second-order valence-corrected chi connectivity index (χ2v) is 1.65. The van der Waals surface area contributed by atoms with E-state index in [0.29, 0.717) is 4.61 Å². The van der Waals surface area contributed by atoms with Crippen molar-refractivity contribution in [1.82, 2.24) is 0 Å². The molecule has 0 aromatic rings. The van der Waals surface area contributed by atoms with Crippen LogP contribution in [-0.4, -0.2) is 20.6 Å². The van der Waals surface area contributed by atoms with Gasteiger partial charge in [0, 0.05) is 0 Å². The molecule has 0 aliphatic heterocycles. The van der Waals surface area contributed by atoms with Gasteiger partial charge in [-0.05, 0) is 0 Å². The van der Waals surface area contributed by atoms with E-state index < -0.39 is 0 Å². The van der Waals surface area contributed by atoms with Gasteiger partial charge in [-0.25, -0.2) is 0 Å². The molecule has 0 bridgehead atoms. The molecule has 2 nitrogen and oxygen atoms in total. The number of nitrogens with one attached hydrogen (secondary N) is 1.